The molecule has 3 heterocycles. The lowest BCUT2D eigenvalue weighted by Crippen LogP contribution is -2.33. The highest BCUT2D eigenvalue weighted by Gasteiger charge is 2.44. The van der Waals surface area contributed by atoms with Crippen molar-refractivity contribution in [2.45, 2.75) is 31.0 Å². The van der Waals surface area contributed by atoms with Crippen molar-refractivity contribution in [1.82, 2.24) is 19.5 Å². The van der Waals surface area contributed by atoms with Crippen LogP contribution >= 0.6 is 0 Å². The third kappa shape index (κ3) is 3.53. The van der Waals surface area contributed by atoms with E-state index in [-0.39, 0.29) is 11.8 Å². The summed E-state index contributed by atoms with van der Waals surface area (Å²) in [5.41, 5.74) is 7.81. The van der Waals surface area contributed by atoms with E-state index in [4.69, 9.17) is 15.2 Å². The van der Waals surface area contributed by atoms with Crippen molar-refractivity contribution in [1.29, 1.82) is 0 Å². The lowest BCUT2D eigenvalue weighted by Gasteiger charge is -2.16. The second-order valence-electron chi connectivity index (χ2n) is 7.68. The Kier molecular flexibility index (Phi) is 5.35. The van der Waals surface area contributed by atoms with Gasteiger partial charge in [0, 0.05) is 6.42 Å². The quantitative estimate of drug-likeness (QED) is 0.343. The highest BCUT2D eigenvalue weighted by Crippen LogP contribution is 2.32. The molecule has 4 atom stereocenters. The first kappa shape index (κ1) is 20.6. The molecule has 0 spiro atoms. The molecule has 32 heavy (non-hydrogen) atoms. The highest BCUT2D eigenvalue weighted by molar-refractivity contribution is 5.85. The van der Waals surface area contributed by atoms with Crippen LogP contribution in [0.25, 0.3) is 21.9 Å². The number of nitrogens with zero attached hydrogens (tertiary/aromatic N) is 4. The number of ether oxygens (including phenoxy) is 2. The molecule has 1 fully saturated rings. The van der Waals surface area contributed by atoms with Gasteiger partial charge in [0.15, 0.2) is 23.2 Å². The van der Waals surface area contributed by atoms with Gasteiger partial charge in [0.25, 0.3) is 0 Å². The van der Waals surface area contributed by atoms with E-state index >= 15 is 0 Å². The van der Waals surface area contributed by atoms with Gasteiger partial charge in [-0.1, -0.05) is 42.5 Å². The summed E-state index contributed by atoms with van der Waals surface area (Å²) < 4.78 is 12.8. The van der Waals surface area contributed by atoms with E-state index in [1.54, 1.807) is 0 Å². The van der Waals surface area contributed by atoms with Crippen LogP contribution in [0, 0.1) is 0 Å². The van der Waals surface area contributed by atoms with E-state index in [9.17, 15) is 15.3 Å². The molecule has 5 rings (SSSR count). The number of nitrogen functional groups attached to an aromatic ring is 1. The first-order valence-corrected chi connectivity index (χ1v) is 10.3. The summed E-state index contributed by atoms with van der Waals surface area (Å²) in [5, 5.41) is 32.1. The highest BCUT2D eigenvalue weighted by atomic mass is 16.6. The standard InChI is InChI=1S/C22H23N5O5/c23-19-16-20(27(11-24-16)21-18(30)17(29)15(10-28)32-21)26-22(25-19)31-9-8-13-6-3-5-12-4-1-2-7-14(12)13/h1-7,11,15,17-18,21,28-30H,8-10H2,(H2,23,25,26)/t15-,17-,18-,21?/m0/s1. The Morgan fingerprint density at radius 1 is 1.06 bits per heavy atom. The van der Waals surface area contributed by atoms with Crippen LogP contribution in [0.1, 0.15) is 11.8 Å². The number of aliphatic hydroxyl groups excluding tert-OH is 3. The van der Waals surface area contributed by atoms with Crippen LogP contribution in [0.2, 0.25) is 0 Å². The smallest absolute Gasteiger partial charge is 0.320 e. The summed E-state index contributed by atoms with van der Waals surface area (Å²) in [5.74, 6) is 0.126. The van der Waals surface area contributed by atoms with Gasteiger partial charge in [-0.25, -0.2) is 4.98 Å². The van der Waals surface area contributed by atoms with Crippen molar-refractivity contribution in [3.05, 3.63) is 54.4 Å². The normalized spacial score (nSPS) is 23.2. The number of hydrogen-bond donors (Lipinski definition) is 4. The van der Waals surface area contributed by atoms with E-state index in [1.165, 1.54) is 10.9 Å². The van der Waals surface area contributed by atoms with Crippen molar-refractivity contribution >= 4 is 27.8 Å². The maximum Gasteiger partial charge on any atom is 0.320 e. The van der Waals surface area contributed by atoms with Crippen molar-refractivity contribution in [2.24, 2.45) is 0 Å². The van der Waals surface area contributed by atoms with Gasteiger partial charge in [-0.15, -0.1) is 0 Å². The molecule has 0 saturated carbocycles. The molecule has 5 N–H and O–H groups in total. The van der Waals surface area contributed by atoms with Gasteiger partial charge in [0.1, 0.15) is 18.3 Å². The zero-order valence-corrected chi connectivity index (χ0v) is 17.1. The predicted octanol–water partition coefficient (Wildman–Crippen LogP) is 0.795. The van der Waals surface area contributed by atoms with Gasteiger partial charge < -0.3 is 30.5 Å². The fourth-order valence-electron chi connectivity index (χ4n) is 4.04. The van der Waals surface area contributed by atoms with Crippen LogP contribution in [0.4, 0.5) is 5.82 Å². The maximum atomic E-state index is 10.3. The lowest BCUT2D eigenvalue weighted by atomic mass is 10.0. The third-order valence-corrected chi connectivity index (χ3v) is 5.70. The van der Waals surface area contributed by atoms with E-state index in [0.29, 0.717) is 24.2 Å². The van der Waals surface area contributed by atoms with E-state index in [0.717, 1.165) is 16.3 Å². The van der Waals surface area contributed by atoms with Crippen molar-refractivity contribution in [3.8, 4) is 6.01 Å². The van der Waals surface area contributed by atoms with E-state index in [2.05, 4.69) is 39.2 Å². The average molecular weight is 437 g/mol. The Morgan fingerprint density at radius 2 is 1.88 bits per heavy atom. The third-order valence-electron chi connectivity index (χ3n) is 5.70. The Morgan fingerprint density at radius 3 is 2.69 bits per heavy atom. The summed E-state index contributed by atoms with van der Waals surface area (Å²) in [6.45, 7) is -0.0953. The second-order valence-corrected chi connectivity index (χ2v) is 7.68. The van der Waals surface area contributed by atoms with E-state index < -0.39 is 31.1 Å². The number of aliphatic hydroxyl groups is 3. The van der Waals surface area contributed by atoms with Gasteiger partial charge in [-0.3, -0.25) is 4.57 Å². The summed E-state index contributed by atoms with van der Waals surface area (Å²) >= 11 is 0. The first-order valence-electron chi connectivity index (χ1n) is 10.3. The summed E-state index contributed by atoms with van der Waals surface area (Å²) in [4.78, 5) is 12.8. The second kappa shape index (κ2) is 8.32. The van der Waals surface area contributed by atoms with Crippen LogP contribution < -0.4 is 10.5 Å². The minimum Gasteiger partial charge on any atom is -0.463 e. The molecule has 10 nitrogen and oxygen atoms in total. The first-order chi connectivity index (χ1) is 15.6. The van der Waals surface area contributed by atoms with Gasteiger partial charge in [-0.05, 0) is 16.3 Å². The molecular weight excluding hydrogens is 414 g/mol. The van der Waals surface area contributed by atoms with Crippen LogP contribution in [-0.2, 0) is 11.2 Å². The van der Waals surface area contributed by atoms with Crippen LogP contribution in [0.3, 0.4) is 0 Å². The van der Waals surface area contributed by atoms with Crippen LogP contribution in [0.5, 0.6) is 6.01 Å². The number of fused-ring (bicyclic) bond motifs is 2. The minimum atomic E-state index is -1.27. The largest absolute Gasteiger partial charge is 0.463 e. The van der Waals surface area contributed by atoms with Crippen molar-refractivity contribution < 1.29 is 24.8 Å². The molecule has 1 aliphatic rings. The number of nitrogens with two attached hydrogens (primary N) is 1. The minimum absolute atomic E-state index is 0.0729. The lowest BCUT2D eigenvalue weighted by molar-refractivity contribution is -0.0511. The summed E-state index contributed by atoms with van der Waals surface area (Å²) in [7, 11) is 0. The number of aromatic nitrogens is 4. The molecule has 0 radical (unpaired) electrons. The zero-order valence-electron chi connectivity index (χ0n) is 17.1. The number of imidazole rings is 1. The summed E-state index contributed by atoms with van der Waals surface area (Å²) in [6, 6.07) is 14.4. The number of benzene rings is 2. The van der Waals surface area contributed by atoms with Gasteiger partial charge in [0.2, 0.25) is 0 Å². The molecule has 1 unspecified atom stereocenters. The van der Waals surface area contributed by atoms with Gasteiger partial charge in [0.05, 0.1) is 19.5 Å². The molecule has 10 heteroatoms. The molecule has 0 bridgehead atoms. The molecule has 0 aliphatic carbocycles. The molecule has 1 aliphatic heterocycles. The fraction of sp³-hybridized carbons (Fsp3) is 0.318. The maximum absolute atomic E-state index is 10.3. The van der Waals surface area contributed by atoms with Crippen LogP contribution in [-0.4, -0.2) is 66.4 Å². The SMILES string of the molecule is Nc1nc(OCCc2cccc3ccccc23)nc2c1ncn2C1O[C@@H](CO)[C@H](O)[C@@H]1O. The molecule has 0 amide bonds. The Bertz CT molecular complexity index is 1260. The molecular formula is C22H23N5O5. The number of hydrogen-bond acceptors (Lipinski definition) is 9. The van der Waals surface area contributed by atoms with Gasteiger partial charge >= 0.3 is 6.01 Å². The Hall–Kier alpha value is -3.31. The van der Waals surface area contributed by atoms with Crippen molar-refractivity contribution in [3.63, 3.8) is 0 Å². The molecule has 166 valence electrons. The van der Waals surface area contributed by atoms with Crippen molar-refractivity contribution in [2.75, 3.05) is 18.9 Å². The molecule has 1 saturated heterocycles. The van der Waals surface area contributed by atoms with Gasteiger partial charge in [-0.2, -0.15) is 9.97 Å². The predicted molar refractivity (Wildman–Crippen MR) is 116 cm³/mol. The topological polar surface area (TPSA) is 149 Å². The zero-order chi connectivity index (χ0) is 22.2. The Labute approximate surface area is 182 Å². The fourth-order valence-corrected chi connectivity index (χ4v) is 4.04. The Balaban J connectivity index is 1.38. The monoisotopic (exact) mass is 437 g/mol. The number of anilines is 1. The molecule has 2 aromatic carbocycles. The summed E-state index contributed by atoms with van der Waals surface area (Å²) in [6.07, 6.45) is -2.35. The molecule has 2 aromatic heterocycles. The average Bonchev–Trinajstić information content (AvgIpc) is 3.35. The van der Waals surface area contributed by atoms with E-state index in [1.807, 2.05) is 18.2 Å². The number of rotatable bonds is 6. The van der Waals surface area contributed by atoms with Crippen LogP contribution in [0.15, 0.2) is 48.8 Å². The molecule has 4 aromatic rings.